The second-order valence-electron chi connectivity index (χ2n) is 6.09. The molecule has 2 aliphatic heterocycles. The van der Waals surface area contributed by atoms with E-state index in [2.05, 4.69) is 0 Å². The van der Waals surface area contributed by atoms with Gasteiger partial charge in [0, 0.05) is 11.1 Å². The molecule has 0 unspecified atom stereocenters. The van der Waals surface area contributed by atoms with E-state index >= 15 is 0 Å². The molecule has 128 valence electrons. The van der Waals surface area contributed by atoms with E-state index in [0.717, 1.165) is 11.3 Å². The minimum absolute atomic E-state index is 0.113. The summed E-state index contributed by atoms with van der Waals surface area (Å²) in [7, 11) is 0. The van der Waals surface area contributed by atoms with Crippen molar-refractivity contribution in [2.45, 2.75) is 6.23 Å². The van der Waals surface area contributed by atoms with Gasteiger partial charge in [0.25, 0.3) is 5.91 Å². The summed E-state index contributed by atoms with van der Waals surface area (Å²) in [5.74, 6) is 1.93. The van der Waals surface area contributed by atoms with E-state index in [9.17, 15) is 4.79 Å². The number of carbonyl (C=O) groups excluding carboxylic acids is 1. The highest BCUT2D eigenvalue weighted by atomic mass is 16.7. The van der Waals surface area contributed by atoms with Gasteiger partial charge in [-0.2, -0.15) is 0 Å². The first kappa shape index (κ1) is 14.8. The maximum absolute atomic E-state index is 13.2. The van der Waals surface area contributed by atoms with Gasteiger partial charge in [-0.15, -0.1) is 0 Å². The number of para-hydroxylation sites is 2. The van der Waals surface area contributed by atoms with E-state index < -0.39 is 6.23 Å². The number of carbonyl (C=O) groups is 1. The fourth-order valence-electron chi connectivity index (χ4n) is 3.27. The molecule has 5 rings (SSSR count). The first-order valence-electron chi connectivity index (χ1n) is 8.35. The number of hydrogen-bond donors (Lipinski definition) is 0. The summed E-state index contributed by atoms with van der Waals surface area (Å²) in [6.45, 7) is 0.206. The van der Waals surface area contributed by atoms with Gasteiger partial charge in [0.1, 0.15) is 5.75 Å². The van der Waals surface area contributed by atoms with Crippen molar-refractivity contribution in [3.63, 3.8) is 0 Å². The Bertz CT molecular complexity index is 986. The molecule has 0 spiro atoms. The minimum atomic E-state index is -0.561. The molecule has 0 fully saturated rings. The third-order valence-corrected chi connectivity index (χ3v) is 4.52. The Kier molecular flexibility index (Phi) is 3.31. The van der Waals surface area contributed by atoms with Crippen LogP contribution in [0.15, 0.2) is 72.8 Å². The number of nitrogens with zero attached hydrogens (tertiary/aromatic N) is 1. The molecule has 26 heavy (non-hydrogen) atoms. The highest BCUT2D eigenvalue weighted by molar-refractivity contribution is 6.08. The zero-order valence-corrected chi connectivity index (χ0v) is 13.8. The monoisotopic (exact) mass is 345 g/mol. The molecule has 0 saturated carbocycles. The second-order valence-corrected chi connectivity index (χ2v) is 6.09. The van der Waals surface area contributed by atoms with Gasteiger partial charge >= 0.3 is 0 Å². The average Bonchev–Trinajstić information content (AvgIpc) is 3.31. The Morgan fingerprint density at radius 3 is 2.50 bits per heavy atom. The third-order valence-electron chi connectivity index (χ3n) is 4.52. The molecule has 0 aliphatic carbocycles. The molecule has 1 amide bonds. The first-order valence-corrected chi connectivity index (χ1v) is 8.35. The van der Waals surface area contributed by atoms with Crippen LogP contribution in [0.1, 0.15) is 22.1 Å². The van der Waals surface area contributed by atoms with Crippen LogP contribution in [-0.2, 0) is 0 Å². The van der Waals surface area contributed by atoms with Crippen molar-refractivity contribution in [2.24, 2.45) is 0 Å². The van der Waals surface area contributed by atoms with Gasteiger partial charge in [-0.05, 0) is 42.5 Å². The number of hydrogen-bond acceptors (Lipinski definition) is 4. The number of benzene rings is 3. The summed E-state index contributed by atoms with van der Waals surface area (Å²) in [5.41, 5.74) is 2.19. The third kappa shape index (κ3) is 2.29. The van der Waals surface area contributed by atoms with Crippen LogP contribution in [0.4, 0.5) is 5.69 Å². The minimum Gasteiger partial charge on any atom is -0.464 e. The molecule has 2 aliphatic rings. The molecule has 5 heteroatoms. The molecule has 0 saturated heterocycles. The van der Waals surface area contributed by atoms with Crippen LogP contribution >= 0.6 is 0 Å². The molecule has 3 aromatic carbocycles. The predicted molar refractivity (Wildman–Crippen MR) is 95.6 cm³/mol. The molecule has 5 nitrogen and oxygen atoms in total. The number of ether oxygens (including phenoxy) is 3. The Morgan fingerprint density at radius 2 is 1.62 bits per heavy atom. The Labute approximate surface area is 150 Å². The summed E-state index contributed by atoms with van der Waals surface area (Å²) >= 11 is 0. The van der Waals surface area contributed by atoms with Crippen molar-refractivity contribution in [1.29, 1.82) is 0 Å². The summed E-state index contributed by atoms with van der Waals surface area (Å²) in [4.78, 5) is 14.9. The standard InChI is InChI=1S/C21H15NO4/c23-20(14-6-2-1-3-7-14)22-16-8-4-5-9-17(16)26-21(22)15-10-11-18-19(12-15)25-13-24-18/h1-12,21H,13H2/t21-/m1/s1. The van der Waals surface area contributed by atoms with Gasteiger partial charge in [-0.25, -0.2) is 0 Å². The van der Waals surface area contributed by atoms with E-state index in [4.69, 9.17) is 14.2 Å². The van der Waals surface area contributed by atoms with Gasteiger partial charge in [0.05, 0.1) is 5.69 Å². The largest absolute Gasteiger partial charge is 0.464 e. The highest BCUT2D eigenvalue weighted by Gasteiger charge is 2.37. The van der Waals surface area contributed by atoms with Gasteiger partial charge in [-0.3, -0.25) is 9.69 Å². The molecule has 0 aromatic heterocycles. The zero-order chi connectivity index (χ0) is 17.5. The summed E-state index contributed by atoms with van der Waals surface area (Å²) in [6, 6.07) is 22.4. The van der Waals surface area contributed by atoms with Crippen molar-refractivity contribution in [3.8, 4) is 17.2 Å². The molecule has 1 atom stereocenters. The van der Waals surface area contributed by atoms with E-state index in [1.807, 2.05) is 60.7 Å². The number of fused-ring (bicyclic) bond motifs is 2. The van der Waals surface area contributed by atoms with E-state index in [1.165, 1.54) is 0 Å². The van der Waals surface area contributed by atoms with Crippen LogP contribution in [0.25, 0.3) is 0 Å². The van der Waals surface area contributed by atoms with Crippen molar-refractivity contribution < 1.29 is 19.0 Å². The van der Waals surface area contributed by atoms with Crippen molar-refractivity contribution >= 4 is 11.6 Å². The van der Waals surface area contributed by atoms with Gasteiger partial charge in [0.15, 0.2) is 11.5 Å². The molecule has 0 N–H and O–H groups in total. The molecular formula is C21H15NO4. The van der Waals surface area contributed by atoms with Crippen molar-refractivity contribution in [2.75, 3.05) is 11.7 Å². The van der Waals surface area contributed by atoms with Crippen LogP contribution < -0.4 is 19.1 Å². The molecule has 2 heterocycles. The Balaban J connectivity index is 1.59. The highest BCUT2D eigenvalue weighted by Crippen LogP contribution is 2.45. The van der Waals surface area contributed by atoms with Crippen LogP contribution in [0, 0.1) is 0 Å². The summed E-state index contributed by atoms with van der Waals surface area (Å²) < 4.78 is 17.0. The summed E-state index contributed by atoms with van der Waals surface area (Å²) in [5, 5.41) is 0. The number of anilines is 1. The number of amides is 1. The predicted octanol–water partition coefficient (Wildman–Crippen LogP) is 4.15. The molecular weight excluding hydrogens is 330 g/mol. The van der Waals surface area contributed by atoms with Gasteiger partial charge < -0.3 is 14.2 Å². The molecule has 0 bridgehead atoms. The summed E-state index contributed by atoms with van der Waals surface area (Å²) in [6.07, 6.45) is -0.561. The Morgan fingerprint density at radius 1 is 0.846 bits per heavy atom. The van der Waals surface area contributed by atoms with Crippen LogP contribution in [0.3, 0.4) is 0 Å². The lowest BCUT2D eigenvalue weighted by atomic mass is 10.1. The quantitative estimate of drug-likeness (QED) is 0.700. The SMILES string of the molecule is O=C(c1ccccc1)N1c2ccccc2O[C@@H]1c1ccc2c(c1)OCO2. The maximum Gasteiger partial charge on any atom is 0.261 e. The van der Waals surface area contributed by atoms with Crippen LogP contribution in [-0.4, -0.2) is 12.7 Å². The smallest absolute Gasteiger partial charge is 0.261 e. The first-order chi connectivity index (χ1) is 12.8. The number of rotatable bonds is 2. The lowest BCUT2D eigenvalue weighted by molar-refractivity contribution is 0.0938. The van der Waals surface area contributed by atoms with Gasteiger partial charge in [-0.1, -0.05) is 30.3 Å². The maximum atomic E-state index is 13.2. The van der Waals surface area contributed by atoms with Crippen LogP contribution in [0.2, 0.25) is 0 Å². The van der Waals surface area contributed by atoms with Crippen LogP contribution in [0.5, 0.6) is 17.2 Å². The Hall–Kier alpha value is -3.47. The van der Waals surface area contributed by atoms with E-state index in [0.29, 0.717) is 22.8 Å². The lowest BCUT2D eigenvalue weighted by Gasteiger charge is -2.24. The zero-order valence-electron chi connectivity index (χ0n) is 13.8. The van der Waals surface area contributed by atoms with Gasteiger partial charge in [0.2, 0.25) is 13.0 Å². The fourth-order valence-corrected chi connectivity index (χ4v) is 3.27. The topological polar surface area (TPSA) is 48.0 Å². The normalized spacial score (nSPS) is 16.9. The molecule has 0 radical (unpaired) electrons. The van der Waals surface area contributed by atoms with Crippen molar-refractivity contribution in [1.82, 2.24) is 0 Å². The van der Waals surface area contributed by atoms with E-state index in [-0.39, 0.29) is 12.7 Å². The average molecular weight is 345 g/mol. The fraction of sp³-hybridized carbons (Fsp3) is 0.0952. The second kappa shape index (κ2) is 5.81. The lowest BCUT2D eigenvalue weighted by Crippen LogP contribution is -2.33. The molecule has 3 aromatic rings. The van der Waals surface area contributed by atoms with Crippen molar-refractivity contribution in [3.05, 3.63) is 83.9 Å². The van der Waals surface area contributed by atoms with E-state index in [1.54, 1.807) is 17.0 Å².